The van der Waals surface area contributed by atoms with Crippen LogP contribution in [-0.4, -0.2) is 39.7 Å². The maximum Gasteiger partial charge on any atom is 0.325 e. The molecule has 2 heterocycles. The fourth-order valence-corrected chi connectivity index (χ4v) is 2.53. The van der Waals surface area contributed by atoms with Crippen LogP contribution < -0.4 is 5.32 Å². The molecule has 3 amide bonds. The number of H-pyrrole nitrogens is 1. The molecule has 1 saturated heterocycles. The third kappa shape index (κ3) is 1.83. The van der Waals surface area contributed by atoms with E-state index in [-0.39, 0.29) is 24.2 Å². The molecule has 2 N–H and O–H groups in total. The molecule has 1 aromatic rings. The minimum atomic E-state index is -0.826. The van der Waals surface area contributed by atoms with Gasteiger partial charge in [-0.15, -0.1) is 0 Å². The lowest BCUT2D eigenvalue weighted by Crippen LogP contribution is -2.46. The van der Waals surface area contributed by atoms with E-state index in [1.807, 2.05) is 0 Å². The Morgan fingerprint density at radius 3 is 2.79 bits per heavy atom. The number of hydrogen-bond acceptors (Lipinski definition) is 3. The van der Waals surface area contributed by atoms with E-state index in [1.54, 1.807) is 25.3 Å². The normalized spacial score (nSPS) is 26.7. The second-order valence-corrected chi connectivity index (χ2v) is 5.31. The minimum absolute atomic E-state index is 0.203. The fraction of sp³-hybridized carbons (Fsp3) is 0.462. The van der Waals surface area contributed by atoms with Gasteiger partial charge in [-0.05, 0) is 37.8 Å². The number of amides is 3. The highest BCUT2D eigenvalue weighted by Crippen LogP contribution is 2.42. The van der Waals surface area contributed by atoms with Crippen LogP contribution >= 0.6 is 0 Å². The van der Waals surface area contributed by atoms with Crippen molar-refractivity contribution < 1.29 is 14.4 Å². The lowest BCUT2D eigenvalue weighted by molar-refractivity contribution is -0.131. The summed E-state index contributed by atoms with van der Waals surface area (Å²) in [6.45, 7) is 1.53. The summed E-state index contributed by atoms with van der Waals surface area (Å²) in [5.41, 5.74) is -0.423. The Kier molecular flexibility index (Phi) is 2.48. The summed E-state index contributed by atoms with van der Waals surface area (Å²) in [5.74, 6) is -0.358. The van der Waals surface area contributed by atoms with E-state index in [2.05, 4.69) is 10.3 Å². The van der Waals surface area contributed by atoms with Gasteiger partial charge in [0.15, 0.2) is 5.78 Å². The van der Waals surface area contributed by atoms with E-state index >= 15 is 0 Å². The summed E-state index contributed by atoms with van der Waals surface area (Å²) >= 11 is 0. The fourth-order valence-electron chi connectivity index (χ4n) is 2.53. The first kappa shape index (κ1) is 12.0. The third-order valence-electron chi connectivity index (χ3n) is 3.90. The van der Waals surface area contributed by atoms with Crippen molar-refractivity contribution in [2.45, 2.75) is 25.3 Å². The van der Waals surface area contributed by atoms with Crippen molar-refractivity contribution in [3.05, 3.63) is 24.0 Å². The van der Waals surface area contributed by atoms with Crippen molar-refractivity contribution in [3.8, 4) is 0 Å². The highest BCUT2D eigenvalue weighted by Gasteiger charge is 2.56. The zero-order chi connectivity index (χ0) is 13.6. The molecule has 1 saturated carbocycles. The Bertz CT molecular complexity index is 547. The SMILES string of the molecule is CC1(C2CC2)NC(=O)N(CC(=O)c2ccc[nH]2)C1=O. The van der Waals surface area contributed by atoms with Gasteiger partial charge in [-0.2, -0.15) is 0 Å². The van der Waals surface area contributed by atoms with Gasteiger partial charge in [0, 0.05) is 6.20 Å². The largest absolute Gasteiger partial charge is 0.359 e. The van der Waals surface area contributed by atoms with Crippen LogP contribution in [0.1, 0.15) is 30.3 Å². The minimum Gasteiger partial charge on any atom is -0.359 e. The number of nitrogens with zero attached hydrogens (tertiary/aromatic N) is 1. The van der Waals surface area contributed by atoms with Gasteiger partial charge >= 0.3 is 6.03 Å². The molecule has 6 nitrogen and oxygen atoms in total. The van der Waals surface area contributed by atoms with Gasteiger partial charge in [-0.25, -0.2) is 4.79 Å². The quantitative estimate of drug-likeness (QED) is 0.624. The van der Waals surface area contributed by atoms with Crippen LogP contribution in [0.4, 0.5) is 4.79 Å². The standard InChI is InChI=1S/C13H15N3O3/c1-13(8-4-5-8)11(18)16(12(19)15-13)7-10(17)9-3-2-6-14-9/h2-3,6,8,14H,4-5,7H2,1H3,(H,15,19). The van der Waals surface area contributed by atoms with Gasteiger partial charge in [0.2, 0.25) is 0 Å². The molecule has 6 heteroatoms. The van der Waals surface area contributed by atoms with Crippen molar-refractivity contribution in [1.29, 1.82) is 0 Å². The molecule has 2 fully saturated rings. The summed E-state index contributed by atoms with van der Waals surface area (Å²) in [4.78, 5) is 39.9. The average molecular weight is 261 g/mol. The number of aromatic amines is 1. The maximum atomic E-state index is 12.3. The van der Waals surface area contributed by atoms with Crippen molar-refractivity contribution >= 4 is 17.7 Å². The van der Waals surface area contributed by atoms with E-state index in [0.29, 0.717) is 5.69 Å². The van der Waals surface area contributed by atoms with Gasteiger partial charge in [0.05, 0.1) is 12.2 Å². The molecule has 0 aromatic carbocycles. The van der Waals surface area contributed by atoms with Gasteiger partial charge in [0.1, 0.15) is 5.54 Å². The van der Waals surface area contributed by atoms with Crippen molar-refractivity contribution in [3.63, 3.8) is 0 Å². The van der Waals surface area contributed by atoms with Crippen molar-refractivity contribution in [1.82, 2.24) is 15.2 Å². The van der Waals surface area contributed by atoms with Crippen LogP contribution in [0.3, 0.4) is 0 Å². The van der Waals surface area contributed by atoms with Gasteiger partial charge < -0.3 is 10.3 Å². The topological polar surface area (TPSA) is 82.3 Å². The number of carbonyl (C=O) groups excluding carboxylic acids is 3. The van der Waals surface area contributed by atoms with E-state index in [1.165, 1.54) is 0 Å². The van der Waals surface area contributed by atoms with Crippen LogP contribution in [-0.2, 0) is 4.79 Å². The first-order chi connectivity index (χ1) is 9.02. The Morgan fingerprint density at radius 1 is 1.47 bits per heavy atom. The van der Waals surface area contributed by atoms with Crippen LogP contribution in [0.2, 0.25) is 0 Å². The van der Waals surface area contributed by atoms with Crippen LogP contribution in [0.5, 0.6) is 0 Å². The van der Waals surface area contributed by atoms with Gasteiger partial charge in [0.25, 0.3) is 5.91 Å². The van der Waals surface area contributed by atoms with E-state index in [4.69, 9.17) is 0 Å². The summed E-state index contributed by atoms with van der Waals surface area (Å²) in [6, 6.07) is 2.85. The highest BCUT2D eigenvalue weighted by atomic mass is 16.2. The average Bonchev–Trinajstić information content (AvgIpc) is 3.05. The number of carbonyl (C=O) groups is 3. The number of imide groups is 1. The molecule has 0 bridgehead atoms. The van der Waals surface area contributed by atoms with E-state index < -0.39 is 11.6 Å². The molecule has 3 rings (SSSR count). The van der Waals surface area contributed by atoms with Crippen molar-refractivity contribution in [2.75, 3.05) is 6.54 Å². The summed E-state index contributed by atoms with van der Waals surface area (Å²) in [6.07, 6.45) is 3.52. The Labute approximate surface area is 110 Å². The molecule has 100 valence electrons. The molecular weight excluding hydrogens is 246 g/mol. The lowest BCUT2D eigenvalue weighted by atomic mass is 9.96. The zero-order valence-electron chi connectivity index (χ0n) is 10.6. The van der Waals surface area contributed by atoms with Gasteiger partial charge in [-0.3, -0.25) is 14.5 Å². The number of rotatable bonds is 4. The number of Topliss-reactive ketones (excluding diaryl/α,β-unsaturated/α-hetero) is 1. The predicted octanol–water partition coefficient (Wildman–Crippen LogP) is 0.918. The van der Waals surface area contributed by atoms with Crippen molar-refractivity contribution in [2.24, 2.45) is 5.92 Å². The molecular formula is C13H15N3O3. The number of nitrogens with one attached hydrogen (secondary N) is 2. The van der Waals surface area contributed by atoms with Gasteiger partial charge in [-0.1, -0.05) is 0 Å². The Balaban J connectivity index is 1.76. The number of hydrogen-bond donors (Lipinski definition) is 2. The second kappa shape index (κ2) is 3.94. The van der Waals surface area contributed by atoms with Crippen LogP contribution in [0, 0.1) is 5.92 Å². The lowest BCUT2D eigenvalue weighted by Gasteiger charge is -2.20. The Morgan fingerprint density at radius 2 is 2.21 bits per heavy atom. The monoisotopic (exact) mass is 261 g/mol. The number of urea groups is 1. The molecule has 1 aliphatic heterocycles. The molecule has 1 atom stereocenters. The van der Waals surface area contributed by atoms with E-state index in [9.17, 15) is 14.4 Å². The molecule has 1 aliphatic carbocycles. The highest BCUT2D eigenvalue weighted by molar-refractivity contribution is 6.10. The molecule has 0 spiro atoms. The summed E-state index contributed by atoms with van der Waals surface area (Å²) in [5, 5.41) is 2.72. The van der Waals surface area contributed by atoms with E-state index in [0.717, 1.165) is 17.7 Å². The van der Waals surface area contributed by atoms with Crippen LogP contribution in [0.25, 0.3) is 0 Å². The zero-order valence-corrected chi connectivity index (χ0v) is 10.6. The molecule has 2 aliphatic rings. The van der Waals surface area contributed by atoms with Crippen LogP contribution in [0.15, 0.2) is 18.3 Å². The number of ketones is 1. The predicted molar refractivity (Wildman–Crippen MR) is 66.5 cm³/mol. The first-order valence-electron chi connectivity index (χ1n) is 6.33. The smallest absolute Gasteiger partial charge is 0.325 e. The molecule has 0 radical (unpaired) electrons. The number of aromatic nitrogens is 1. The Hall–Kier alpha value is -2.11. The maximum absolute atomic E-state index is 12.3. The molecule has 19 heavy (non-hydrogen) atoms. The second-order valence-electron chi connectivity index (χ2n) is 5.31. The first-order valence-corrected chi connectivity index (χ1v) is 6.33. The molecule has 1 aromatic heterocycles. The summed E-state index contributed by atoms with van der Waals surface area (Å²) < 4.78 is 0. The third-order valence-corrected chi connectivity index (χ3v) is 3.90. The summed E-state index contributed by atoms with van der Waals surface area (Å²) in [7, 11) is 0. The molecule has 1 unspecified atom stereocenters.